The molecular weight excluding hydrogens is 244 g/mol. The Morgan fingerprint density at radius 3 is 2.95 bits per heavy atom. The zero-order chi connectivity index (χ0) is 13.8. The molecule has 2 rings (SSSR count). The number of hydrogen-bond acceptors (Lipinski definition) is 4. The number of carbonyl (C=O) groups excluding carboxylic acids is 2. The van der Waals surface area contributed by atoms with E-state index in [1.807, 2.05) is 6.07 Å². The van der Waals surface area contributed by atoms with Crippen LogP contribution in [0, 0.1) is 5.92 Å². The van der Waals surface area contributed by atoms with Crippen molar-refractivity contribution >= 4 is 11.8 Å². The van der Waals surface area contributed by atoms with Crippen molar-refractivity contribution in [3.8, 4) is 0 Å². The average molecular weight is 258 g/mol. The van der Waals surface area contributed by atoms with E-state index < -0.39 is 11.8 Å². The molecule has 5 nitrogen and oxygen atoms in total. The van der Waals surface area contributed by atoms with E-state index in [1.54, 1.807) is 31.5 Å². The highest BCUT2D eigenvalue weighted by Gasteiger charge is 2.41. The first-order valence-corrected chi connectivity index (χ1v) is 5.88. The van der Waals surface area contributed by atoms with Crippen molar-refractivity contribution in [2.24, 2.45) is 5.92 Å². The summed E-state index contributed by atoms with van der Waals surface area (Å²) in [5.41, 5.74) is 1.18. The number of amides is 2. The van der Waals surface area contributed by atoms with Crippen molar-refractivity contribution in [1.29, 1.82) is 0 Å². The SMILES string of the molecule is C=C/C=C1/C(=O)N(OCc2cccnc2)C(=O)[C@H]1C. The summed E-state index contributed by atoms with van der Waals surface area (Å²) >= 11 is 0. The van der Waals surface area contributed by atoms with E-state index in [0.29, 0.717) is 5.57 Å². The number of carbonyl (C=O) groups is 2. The van der Waals surface area contributed by atoms with E-state index in [9.17, 15) is 9.59 Å². The van der Waals surface area contributed by atoms with Crippen molar-refractivity contribution in [2.75, 3.05) is 0 Å². The van der Waals surface area contributed by atoms with Crippen molar-refractivity contribution < 1.29 is 14.4 Å². The van der Waals surface area contributed by atoms with Gasteiger partial charge in [0.2, 0.25) is 0 Å². The Hall–Kier alpha value is -2.27. The fourth-order valence-electron chi connectivity index (χ4n) is 1.80. The first-order chi connectivity index (χ1) is 9.15. The molecule has 19 heavy (non-hydrogen) atoms. The summed E-state index contributed by atoms with van der Waals surface area (Å²) in [6.45, 7) is 5.32. The molecule has 1 aromatic rings. The maximum atomic E-state index is 12.0. The second-order valence-corrected chi connectivity index (χ2v) is 4.15. The molecule has 98 valence electrons. The quantitative estimate of drug-likeness (QED) is 0.608. The molecule has 0 aliphatic carbocycles. The van der Waals surface area contributed by atoms with Gasteiger partial charge in [-0.1, -0.05) is 24.8 Å². The number of nitrogens with zero attached hydrogens (tertiary/aromatic N) is 2. The van der Waals surface area contributed by atoms with Crippen molar-refractivity contribution in [3.63, 3.8) is 0 Å². The van der Waals surface area contributed by atoms with E-state index in [1.165, 1.54) is 6.08 Å². The topological polar surface area (TPSA) is 59.5 Å². The van der Waals surface area contributed by atoms with Crippen molar-refractivity contribution in [3.05, 3.63) is 54.4 Å². The van der Waals surface area contributed by atoms with E-state index in [-0.39, 0.29) is 12.5 Å². The molecule has 2 amide bonds. The highest BCUT2D eigenvalue weighted by Crippen LogP contribution is 2.25. The third-order valence-electron chi connectivity index (χ3n) is 2.85. The smallest absolute Gasteiger partial charge is 0.271 e. The van der Waals surface area contributed by atoms with Crippen LogP contribution in [0.3, 0.4) is 0 Å². The second kappa shape index (κ2) is 5.58. The Morgan fingerprint density at radius 2 is 2.32 bits per heavy atom. The van der Waals surface area contributed by atoms with E-state index >= 15 is 0 Å². The number of pyridine rings is 1. The molecule has 5 heteroatoms. The van der Waals surface area contributed by atoms with Gasteiger partial charge in [-0.15, -0.1) is 5.06 Å². The molecule has 0 saturated carbocycles. The van der Waals surface area contributed by atoms with Crippen LogP contribution in [0.25, 0.3) is 0 Å². The van der Waals surface area contributed by atoms with Crippen LogP contribution in [0.5, 0.6) is 0 Å². The van der Waals surface area contributed by atoms with E-state index in [0.717, 1.165) is 10.6 Å². The monoisotopic (exact) mass is 258 g/mol. The maximum absolute atomic E-state index is 12.0. The highest BCUT2D eigenvalue weighted by molar-refractivity contribution is 6.13. The Bertz CT molecular complexity index is 537. The number of hydroxylamine groups is 2. The maximum Gasteiger partial charge on any atom is 0.281 e. The third-order valence-corrected chi connectivity index (χ3v) is 2.85. The first kappa shape index (κ1) is 13.2. The van der Waals surface area contributed by atoms with Gasteiger partial charge in [-0.2, -0.15) is 0 Å². The van der Waals surface area contributed by atoms with Crippen LogP contribution in [0.1, 0.15) is 12.5 Å². The summed E-state index contributed by atoms with van der Waals surface area (Å²) in [5, 5.41) is 0.812. The highest BCUT2D eigenvalue weighted by atomic mass is 16.7. The minimum atomic E-state index is -0.501. The summed E-state index contributed by atoms with van der Waals surface area (Å²) in [4.78, 5) is 33.1. The lowest BCUT2D eigenvalue weighted by Gasteiger charge is -2.13. The van der Waals surface area contributed by atoms with Gasteiger partial charge in [-0.05, 0) is 18.6 Å². The minimum absolute atomic E-state index is 0.124. The largest absolute Gasteiger partial charge is 0.281 e. The molecular formula is C14H14N2O3. The van der Waals surface area contributed by atoms with Gasteiger partial charge in [0.1, 0.15) is 6.61 Å². The van der Waals surface area contributed by atoms with Crippen molar-refractivity contribution in [2.45, 2.75) is 13.5 Å². The number of hydrogen-bond donors (Lipinski definition) is 0. The van der Waals surface area contributed by atoms with Crippen LogP contribution in [-0.2, 0) is 21.0 Å². The van der Waals surface area contributed by atoms with Crippen molar-refractivity contribution in [1.82, 2.24) is 10.0 Å². The number of imide groups is 1. The number of rotatable bonds is 4. The third kappa shape index (κ3) is 2.61. The van der Waals surface area contributed by atoms with Crippen LogP contribution < -0.4 is 0 Å². The van der Waals surface area contributed by atoms with E-state index in [2.05, 4.69) is 11.6 Å². The molecule has 1 saturated heterocycles. The second-order valence-electron chi connectivity index (χ2n) is 4.15. The van der Waals surface area contributed by atoms with Crippen LogP contribution in [0.15, 0.2) is 48.8 Å². The molecule has 1 atom stereocenters. The molecule has 0 bridgehead atoms. The van der Waals surface area contributed by atoms with Crippen LogP contribution >= 0.6 is 0 Å². The van der Waals surface area contributed by atoms with Gasteiger partial charge >= 0.3 is 0 Å². The van der Waals surface area contributed by atoms with Gasteiger partial charge in [0, 0.05) is 18.0 Å². The van der Waals surface area contributed by atoms with Crippen LogP contribution in [0.2, 0.25) is 0 Å². The Morgan fingerprint density at radius 1 is 1.53 bits per heavy atom. The Labute approximate surface area is 111 Å². The molecule has 1 aromatic heterocycles. The molecule has 1 fully saturated rings. The lowest BCUT2D eigenvalue weighted by atomic mass is 10.0. The lowest BCUT2D eigenvalue weighted by molar-refractivity contribution is -0.191. The molecule has 0 radical (unpaired) electrons. The molecule has 0 spiro atoms. The summed E-state index contributed by atoms with van der Waals surface area (Å²) in [7, 11) is 0. The summed E-state index contributed by atoms with van der Waals surface area (Å²) in [6.07, 6.45) is 6.29. The van der Waals surface area contributed by atoms with E-state index in [4.69, 9.17) is 4.84 Å². The fraction of sp³-hybridized carbons (Fsp3) is 0.214. The Balaban J connectivity index is 2.09. The first-order valence-electron chi connectivity index (χ1n) is 5.88. The zero-order valence-corrected chi connectivity index (χ0v) is 10.6. The Kier molecular flexibility index (Phi) is 3.87. The molecule has 0 aromatic carbocycles. The van der Waals surface area contributed by atoms with Gasteiger partial charge in [0.05, 0.1) is 5.92 Å². The molecule has 0 N–H and O–H groups in total. The minimum Gasteiger partial charge on any atom is -0.271 e. The molecule has 2 heterocycles. The molecule has 1 aliphatic rings. The van der Waals surface area contributed by atoms with Gasteiger partial charge < -0.3 is 0 Å². The van der Waals surface area contributed by atoms with Gasteiger partial charge in [-0.25, -0.2) is 0 Å². The summed E-state index contributed by atoms with van der Waals surface area (Å²) in [6, 6.07) is 3.57. The fourth-order valence-corrected chi connectivity index (χ4v) is 1.80. The summed E-state index contributed by atoms with van der Waals surface area (Å²) in [5.74, 6) is -1.29. The average Bonchev–Trinajstić information content (AvgIpc) is 2.63. The normalized spacial score (nSPS) is 21.2. The predicted octanol–water partition coefficient (Wildman–Crippen LogP) is 1.63. The molecule has 0 unspecified atom stereocenters. The predicted molar refractivity (Wildman–Crippen MR) is 68.3 cm³/mol. The van der Waals surface area contributed by atoms with Gasteiger partial charge in [0.15, 0.2) is 0 Å². The number of allylic oxidation sites excluding steroid dienone is 2. The van der Waals surface area contributed by atoms with Gasteiger partial charge in [-0.3, -0.25) is 19.4 Å². The summed E-state index contributed by atoms with van der Waals surface area (Å²) < 4.78 is 0. The van der Waals surface area contributed by atoms with Gasteiger partial charge in [0.25, 0.3) is 11.8 Å². The van der Waals surface area contributed by atoms with Crippen LogP contribution in [-0.4, -0.2) is 21.9 Å². The number of aromatic nitrogens is 1. The molecule has 1 aliphatic heterocycles. The standard InChI is InChI=1S/C14H14N2O3/c1-3-5-12-10(2)13(17)16(14(12)18)19-9-11-6-4-7-15-8-11/h3-8,10H,1,9H2,2H3/b12-5+/t10-/m0/s1. The zero-order valence-electron chi connectivity index (χ0n) is 10.6. The lowest BCUT2D eigenvalue weighted by Crippen LogP contribution is -2.30. The van der Waals surface area contributed by atoms with Crippen LogP contribution in [0.4, 0.5) is 0 Å².